The first kappa shape index (κ1) is 18.4. The molecule has 1 heterocycles. The van der Waals surface area contributed by atoms with Crippen molar-refractivity contribution in [1.82, 2.24) is 9.78 Å². The molecule has 6 nitrogen and oxygen atoms in total. The lowest BCUT2D eigenvalue weighted by atomic mass is 10.1. The van der Waals surface area contributed by atoms with E-state index in [0.717, 1.165) is 5.56 Å². The van der Waals surface area contributed by atoms with Crippen LogP contribution in [0.2, 0.25) is 0 Å². The first-order valence-corrected chi connectivity index (χ1v) is 8.82. The number of hydrogen-bond acceptors (Lipinski definition) is 3. The molecule has 0 saturated heterocycles. The van der Waals surface area contributed by atoms with Crippen LogP contribution >= 0.6 is 0 Å². The predicted octanol–water partition coefficient (Wildman–Crippen LogP) is 3.34. The second-order valence-corrected chi connectivity index (χ2v) is 6.41. The normalized spacial score (nSPS) is 11.6. The zero-order valence-electron chi connectivity index (χ0n) is 15.1. The van der Waals surface area contributed by atoms with Gasteiger partial charge >= 0.3 is 0 Å². The highest BCUT2D eigenvalue weighted by molar-refractivity contribution is 5.95. The molecular weight excluding hydrogens is 340 g/mol. The van der Waals surface area contributed by atoms with Gasteiger partial charge in [-0.15, -0.1) is 0 Å². The molecule has 2 aromatic carbocycles. The van der Waals surface area contributed by atoms with Crippen molar-refractivity contribution in [3.8, 4) is 0 Å². The topological polar surface area (TPSA) is 76.0 Å². The molecule has 2 N–H and O–H groups in total. The van der Waals surface area contributed by atoms with Gasteiger partial charge in [0.25, 0.3) is 0 Å². The monoisotopic (exact) mass is 362 g/mol. The number of hydrogen-bond donors (Lipinski definition) is 2. The molecular formula is C21H22N4O2. The number of rotatable bonds is 7. The van der Waals surface area contributed by atoms with Crippen molar-refractivity contribution in [1.29, 1.82) is 0 Å². The number of anilines is 2. The molecule has 0 bridgehead atoms. The van der Waals surface area contributed by atoms with Crippen molar-refractivity contribution in [2.24, 2.45) is 5.92 Å². The Balaban J connectivity index is 1.56. The van der Waals surface area contributed by atoms with Crippen LogP contribution in [-0.4, -0.2) is 21.6 Å². The number of carbonyl (C=O) groups is 2. The predicted molar refractivity (Wildman–Crippen MR) is 105 cm³/mol. The van der Waals surface area contributed by atoms with E-state index in [2.05, 4.69) is 15.7 Å². The molecule has 0 unspecified atom stereocenters. The number of benzene rings is 2. The summed E-state index contributed by atoms with van der Waals surface area (Å²) in [6, 6.07) is 18.5. The Morgan fingerprint density at radius 3 is 2.44 bits per heavy atom. The van der Waals surface area contributed by atoms with Gasteiger partial charge in [0.05, 0.1) is 18.9 Å². The van der Waals surface area contributed by atoms with Gasteiger partial charge in [-0.1, -0.05) is 43.3 Å². The van der Waals surface area contributed by atoms with Crippen molar-refractivity contribution in [2.45, 2.75) is 19.9 Å². The molecule has 0 fully saturated rings. The van der Waals surface area contributed by atoms with Crippen LogP contribution in [0.1, 0.15) is 12.5 Å². The fourth-order valence-corrected chi connectivity index (χ4v) is 2.70. The summed E-state index contributed by atoms with van der Waals surface area (Å²) in [6.45, 7) is 2.36. The van der Waals surface area contributed by atoms with Crippen LogP contribution in [-0.2, 0) is 22.6 Å². The third-order valence-electron chi connectivity index (χ3n) is 4.09. The highest BCUT2D eigenvalue weighted by Crippen LogP contribution is 2.17. The first-order chi connectivity index (χ1) is 13.1. The van der Waals surface area contributed by atoms with E-state index in [1.54, 1.807) is 35.1 Å². The van der Waals surface area contributed by atoms with Gasteiger partial charge in [-0.2, -0.15) is 5.10 Å². The fourth-order valence-electron chi connectivity index (χ4n) is 2.70. The summed E-state index contributed by atoms with van der Waals surface area (Å²) in [4.78, 5) is 24.6. The molecule has 0 saturated carbocycles. The minimum Gasteiger partial charge on any atom is -0.326 e. The molecule has 0 aliphatic rings. The summed E-state index contributed by atoms with van der Waals surface area (Å²) >= 11 is 0. The zero-order valence-corrected chi connectivity index (χ0v) is 15.1. The molecule has 1 aromatic heterocycles. The summed E-state index contributed by atoms with van der Waals surface area (Å²) in [5.74, 6) is -0.434. The van der Waals surface area contributed by atoms with Crippen molar-refractivity contribution in [3.63, 3.8) is 0 Å². The maximum atomic E-state index is 12.4. The molecule has 0 spiro atoms. The molecule has 0 aliphatic heterocycles. The molecule has 27 heavy (non-hydrogen) atoms. The Kier molecular flexibility index (Phi) is 5.99. The molecule has 3 aromatic rings. The van der Waals surface area contributed by atoms with E-state index in [4.69, 9.17) is 0 Å². The van der Waals surface area contributed by atoms with Gasteiger partial charge in [0.1, 0.15) is 0 Å². The molecule has 0 aliphatic carbocycles. The lowest BCUT2D eigenvalue weighted by Crippen LogP contribution is -2.24. The van der Waals surface area contributed by atoms with Crippen LogP contribution in [0.25, 0.3) is 0 Å². The van der Waals surface area contributed by atoms with Crippen LogP contribution in [0.5, 0.6) is 0 Å². The maximum absolute atomic E-state index is 12.4. The van der Waals surface area contributed by atoms with Crippen molar-refractivity contribution >= 4 is 23.2 Å². The summed E-state index contributed by atoms with van der Waals surface area (Å²) in [7, 11) is 0. The number of nitrogens with one attached hydrogen (secondary N) is 2. The van der Waals surface area contributed by atoms with Crippen molar-refractivity contribution in [3.05, 3.63) is 78.6 Å². The number of carbonyl (C=O) groups excluding carboxylic acids is 2. The lowest BCUT2D eigenvalue weighted by molar-refractivity contribution is -0.119. The van der Waals surface area contributed by atoms with E-state index in [9.17, 15) is 9.59 Å². The minimum atomic E-state index is -0.235. The molecule has 3 rings (SSSR count). The second-order valence-electron chi connectivity index (χ2n) is 6.41. The van der Waals surface area contributed by atoms with E-state index in [1.165, 1.54) is 0 Å². The maximum Gasteiger partial charge on any atom is 0.229 e. The summed E-state index contributed by atoms with van der Waals surface area (Å²) in [5, 5.41) is 9.87. The molecule has 138 valence electrons. The third kappa shape index (κ3) is 5.54. The Morgan fingerprint density at radius 2 is 1.74 bits per heavy atom. The fraction of sp³-hybridized carbons (Fsp3) is 0.190. The standard InChI is InChI=1S/C21H22N4O2/c1-16(15-25-12-6-11-22-25)21(27)24-19-10-5-9-18(14-19)23-20(26)13-17-7-3-2-4-8-17/h2-12,14,16H,13,15H2,1H3,(H,23,26)(H,24,27)/t16-/m1/s1. The Morgan fingerprint density at radius 1 is 1.00 bits per heavy atom. The van der Waals surface area contributed by atoms with Gasteiger partial charge in [-0.3, -0.25) is 14.3 Å². The van der Waals surface area contributed by atoms with E-state index >= 15 is 0 Å². The van der Waals surface area contributed by atoms with Crippen LogP contribution in [0, 0.1) is 5.92 Å². The highest BCUT2D eigenvalue weighted by atomic mass is 16.2. The average molecular weight is 362 g/mol. The molecule has 1 atom stereocenters. The van der Waals surface area contributed by atoms with Gasteiger partial charge in [0.15, 0.2) is 0 Å². The molecule has 0 radical (unpaired) electrons. The number of aromatic nitrogens is 2. The van der Waals surface area contributed by atoms with Gasteiger partial charge in [-0.25, -0.2) is 0 Å². The van der Waals surface area contributed by atoms with E-state index in [1.807, 2.05) is 49.5 Å². The highest BCUT2D eigenvalue weighted by Gasteiger charge is 2.14. The van der Waals surface area contributed by atoms with E-state index in [0.29, 0.717) is 24.3 Å². The quantitative estimate of drug-likeness (QED) is 0.677. The SMILES string of the molecule is C[C@H](Cn1cccn1)C(=O)Nc1cccc(NC(=O)Cc2ccccc2)c1. The largest absolute Gasteiger partial charge is 0.326 e. The van der Waals surface area contributed by atoms with Gasteiger partial charge in [-0.05, 0) is 29.8 Å². The van der Waals surface area contributed by atoms with E-state index < -0.39 is 0 Å². The van der Waals surface area contributed by atoms with Gasteiger partial charge in [0, 0.05) is 23.8 Å². The van der Waals surface area contributed by atoms with Gasteiger partial charge < -0.3 is 10.6 Å². The minimum absolute atomic E-state index is 0.0988. The first-order valence-electron chi connectivity index (χ1n) is 8.82. The second kappa shape index (κ2) is 8.80. The number of amides is 2. The summed E-state index contributed by atoms with van der Waals surface area (Å²) in [6.07, 6.45) is 3.82. The van der Waals surface area contributed by atoms with E-state index in [-0.39, 0.29) is 17.7 Å². The Hall–Kier alpha value is -3.41. The Labute approximate surface area is 158 Å². The number of nitrogens with zero attached hydrogens (tertiary/aromatic N) is 2. The Bertz CT molecular complexity index is 892. The van der Waals surface area contributed by atoms with Crippen LogP contribution < -0.4 is 10.6 Å². The molecule has 6 heteroatoms. The van der Waals surface area contributed by atoms with Crippen molar-refractivity contribution in [2.75, 3.05) is 10.6 Å². The van der Waals surface area contributed by atoms with Crippen LogP contribution in [0.15, 0.2) is 73.1 Å². The van der Waals surface area contributed by atoms with Crippen molar-refractivity contribution < 1.29 is 9.59 Å². The molecule has 2 amide bonds. The average Bonchev–Trinajstić information content (AvgIpc) is 3.15. The summed E-state index contributed by atoms with van der Waals surface area (Å²) in [5.41, 5.74) is 2.24. The smallest absolute Gasteiger partial charge is 0.229 e. The third-order valence-corrected chi connectivity index (χ3v) is 4.09. The zero-order chi connectivity index (χ0) is 19.1. The summed E-state index contributed by atoms with van der Waals surface area (Å²) < 4.78 is 1.73. The van der Waals surface area contributed by atoms with Crippen LogP contribution in [0.3, 0.4) is 0 Å². The van der Waals surface area contributed by atoms with Crippen LogP contribution in [0.4, 0.5) is 11.4 Å². The van der Waals surface area contributed by atoms with Gasteiger partial charge in [0.2, 0.25) is 11.8 Å². The lowest BCUT2D eigenvalue weighted by Gasteiger charge is -2.13.